The van der Waals surface area contributed by atoms with Crippen molar-refractivity contribution in [2.45, 2.75) is 37.9 Å². The summed E-state index contributed by atoms with van der Waals surface area (Å²) >= 11 is 0. The Morgan fingerprint density at radius 3 is 2.58 bits per heavy atom. The van der Waals surface area contributed by atoms with Crippen molar-refractivity contribution in [2.75, 3.05) is 30.0 Å². The van der Waals surface area contributed by atoms with Crippen molar-refractivity contribution in [1.82, 2.24) is 10.3 Å². The molecule has 11 heteroatoms. The van der Waals surface area contributed by atoms with Crippen LogP contribution in [0, 0.1) is 0 Å². The molecule has 2 heterocycles. The number of halogens is 3. The number of nitrogens with zero attached hydrogens (tertiary/aromatic N) is 2. The number of hydrazine groups is 1. The van der Waals surface area contributed by atoms with Crippen LogP contribution in [0.25, 0.3) is 0 Å². The molecular formula is C22H29F3N8. The third-order valence-electron chi connectivity index (χ3n) is 5.64. The second-order valence-electron chi connectivity index (χ2n) is 7.91. The topological polar surface area (TPSA) is 153 Å². The lowest BCUT2D eigenvalue weighted by Gasteiger charge is -2.23. The van der Waals surface area contributed by atoms with Crippen LogP contribution in [0.2, 0.25) is 0 Å². The molecule has 0 bridgehead atoms. The molecule has 0 atom stereocenters. The van der Waals surface area contributed by atoms with E-state index in [4.69, 9.17) is 23.0 Å². The Labute approximate surface area is 190 Å². The van der Waals surface area contributed by atoms with E-state index >= 15 is 0 Å². The Morgan fingerprint density at radius 2 is 1.94 bits per heavy atom. The van der Waals surface area contributed by atoms with Gasteiger partial charge in [-0.1, -0.05) is 24.3 Å². The van der Waals surface area contributed by atoms with Gasteiger partial charge in [0.25, 0.3) is 0 Å². The third kappa shape index (κ3) is 6.14. The summed E-state index contributed by atoms with van der Waals surface area (Å²) in [6, 6.07) is 8.96. The first-order valence-corrected chi connectivity index (χ1v) is 10.6. The van der Waals surface area contributed by atoms with Gasteiger partial charge in [0, 0.05) is 12.0 Å². The first-order valence-electron chi connectivity index (χ1n) is 10.6. The minimum absolute atomic E-state index is 0.0590. The summed E-state index contributed by atoms with van der Waals surface area (Å²) in [5, 5.41) is 3.31. The second kappa shape index (κ2) is 10.5. The van der Waals surface area contributed by atoms with Crippen molar-refractivity contribution in [3.8, 4) is 0 Å². The highest BCUT2D eigenvalue weighted by Gasteiger charge is 2.38. The Balaban J connectivity index is 1.87. The van der Waals surface area contributed by atoms with Crippen LogP contribution in [0.5, 0.6) is 0 Å². The monoisotopic (exact) mass is 462 g/mol. The van der Waals surface area contributed by atoms with Crippen molar-refractivity contribution in [3.63, 3.8) is 0 Å². The molecule has 0 aliphatic carbocycles. The Bertz CT molecular complexity index is 1030. The maximum Gasteiger partial charge on any atom is 0.433 e. The maximum absolute atomic E-state index is 13.9. The van der Waals surface area contributed by atoms with Gasteiger partial charge in [-0.3, -0.25) is 4.99 Å². The van der Waals surface area contributed by atoms with Gasteiger partial charge in [-0.25, -0.2) is 10.8 Å². The molecule has 33 heavy (non-hydrogen) atoms. The largest absolute Gasteiger partial charge is 0.433 e. The molecule has 0 saturated carbocycles. The normalized spacial score (nSPS) is 16.1. The summed E-state index contributed by atoms with van der Waals surface area (Å²) in [5.41, 5.74) is 20.5. The predicted molar refractivity (Wildman–Crippen MR) is 125 cm³/mol. The number of hydrogen-bond donors (Lipinski definition) is 6. The zero-order valence-corrected chi connectivity index (χ0v) is 18.1. The summed E-state index contributed by atoms with van der Waals surface area (Å²) < 4.78 is 41.8. The fourth-order valence-corrected chi connectivity index (χ4v) is 3.96. The Morgan fingerprint density at radius 1 is 1.21 bits per heavy atom. The number of aliphatic imine (C=N–C) groups is 1. The summed E-state index contributed by atoms with van der Waals surface area (Å²) in [5.74, 6) is 5.89. The molecule has 0 spiro atoms. The summed E-state index contributed by atoms with van der Waals surface area (Å²) in [7, 11) is 0. The molecule has 0 radical (unpaired) electrons. The zero-order valence-electron chi connectivity index (χ0n) is 18.1. The number of nitrogens with two attached hydrogens (primary N) is 4. The van der Waals surface area contributed by atoms with Gasteiger partial charge in [-0.05, 0) is 60.8 Å². The van der Waals surface area contributed by atoms with E-state index in [0.717, 1.165) is 37.7 Å². The van der Waals surface area contributed by atoms with E-state index in [1.54, 1.807) is 6.07 Å². The van der Waals surface area contributed by atoms with E-state index in [0.29, 0.717) is 17.0 Å². The van der Waals surface area contributed by atoms with Crippen molar-refractivity contribution in [3.05, 3.63) is 58.8 Å². The van der Waals surface area contributed by atoms with Gasteiger partial charge in [0.05, 0.1) is 12.2 Å². The van der Waals surface area contributed by atoms with Gasteiger partial charge in [0.15, 0.2) is 5.82 Å². The number of piperidine rings is 1. The number of benzene rings is 1. The van der Waals surface area contributed by atoms with Gasteiger partial charge < -0.3 is 27.9 Å². The van der Waals surface area contributed by atoms with Crippen molar-refractivity contribution in [1.29, 1.82) is 0 Å². The van der Waals surface area contributed by atoms with Crippen molar-refractivity contribution >= 4 is 23.0 Å². The summed E-state index contributed by atoms with van der Waals surface area (Å²) in [6.45, 7) is 1.73. The van der Waals surface area contributed by atoms with Gasteiger partial charge in [0.2, 0.25) is 0 Å². The molecule has 0 amide bonds. The average Bonchev–Trinajstić information content (AvgIpc) is 2.80. The smallest absolute Gasteiger partial charge is 0.404 e. The van der Waals surface area contributed by atoms with Crippen LogP contribution in [0.1, 0.15) is 35.4 Å². The number of alkyl halides is 3. The minimum atomic E-state index is -4.71. The third-order valence-corrected chi connectivity index (χ3v) is 5.64. The lowest BCUT2D eigenvalue weighted by Crippen LogP contribution is -2.27. The highest BCUT2D eigenvalue weighted by Crippen LogP contribution is 2.30. The van der Waals surface area contributed by atoms with Crippen molar-refractivity contribution < 1.29 is 13.2 Å². The Kier molecular flexibility index (Phi) is 7.77. The van der Waals surface area contributed by atoms with Gasteiger partial charge in [-0.2, -0.15) is 13.2 Å². The second-order valence-corrected chi connectivity index (χ2v) is 7.91. The molecule has 1 aromatic heterocycles. The molecule has 1 aromatic carbocycles. The highest BCUT2D eigenvalue weighted by atomic mass is 19.4. The van der Waals surface area contributed by atoms with Gasteiger partial charge in [-0.15, -0.1) is 0 Å². The fourth-order valence-electron chi connectivity index (χ4n) is 3.96. The number of allylic oxidation sites excluding steroid dienone is 1. The van der Waals surface area contributed by atoms with E-state index in [2.05, 4.69) is 20.7 Å². The minimum Gasteiger partial charge on any atom is -0.404 e. The molecular weight excluding hydrogens is 433 g/mol. The number of pyridine rings is 1. The SMILES string of the molecule is NC=C(Cc1cc(N)nc(NN)c1N)C(=NCc1cccc(C2CCNCC2)c1)C(F)(F)F. The molecule has 2 aromatic rings. The fraction of sp³-hybridized carbons (Fsp3) is 0.364. The first kappa shape index (κ1) is 24.3. The molecule has 1 aliphatic rings. The maximum atomic E-state index is 13.9. The van der Waals surface area contributed by atoms with Crippen LogP contribution in [-0.4, -0.2) is 30.0 Å². The lowest BCUT2D eigenvalue weighted by atomic mass is 9.89. The van der Waals surface area contributed by atoms with Crippen LogP contribution in [0.4, 0.5) is 30.5 Å². The standard InChI is InChI=1S/C22H29F3N8/c23-22(24,25)20(17(11-26)9-16-10-18(27)32-21(33-29)19(16)28)31-12-13-2-1-3-15(8-13)14-4-6-30-7-5-14/h1-3,8,10-11,14,30H,4-7,9,12,26,28-29H2,(H3,27,32,33). The van der Waals surface area contributed by atoms with Crippen LogP contribution < -0.4 is 33.8 Å². The quantitative estimate of drug-likeness (QED) is 0.210. The Hall–Kier alpha value is -3.31. The predicted octanol–water partition coefficient (Wildman–Crippen LogP) is 2.59. The lowest BCUT2D eigenvalue weighted by molar-refractivity contribution is -0.0585. The number of nitrogens with one attached hydrogen (secondary N) is 2. The van der Waals surface area contributed by atoms with Crippen LogP contribution >= 0.6 is 0 Å². The molecule has 1 aliphatic heterocycles. The summed E-state index contributed by atoms with van der Waals surface area (Å²) in [4.78, 5) is 7.83. The van der Waals surface area contributed by atoms with Crippen LogP contribution in [-0.2, 0) is 13.0 Å². The molecule has 0 unspecified atom stereocenters. The van der Waals surface area contributed by atoms with E-state index in [9.17, 15) is 13.2 Å². The van der Waals surface area contributed by atoms with Crippen molar-refractivity contribution in [2.24, 2.45) is 16.6 Å². The summed E-state index contributed by atoms with van der Waals surface area (Å²) in [6.07, 6.45) is -2.06. The van der Waals surface area contributed by atoms with E-state index < -0.39 is 11.9 Å². The van der Waals surface area contributed by atoms with E-state index in [1.165, 1.54) is 6.07 Å². The van der Waals surface area contributed by atoms with E-state index in [-0.39, 0.29) is 35.9 Å². The van der Waals surface area contributed by atoms with Gasteiger partial charge >= 0.3 is 6.18 Å². The number of aromatic nitrogens is 1. The number of anilines is 3. The van der Waals surface area contributed by atoms with Crippen LogP contribution in [0.3, 0.4) is 0 Å². The number of rotatable bonds is 7. The molecule has 1 fully saturated rings. The number of nitrogen functional groups attached to an aromatic ring is 3. The molecule has 3 rings (SSSR count). The molecule has 8 nitrogen and oxygen atoms in total. The van der Waals surface area contributed by atoms with Gasteiger partial charge in [0.1, 0.15) is 11.5 Å². The van der Waals surface area contributed by atoms with E-state index in [1.807, 2.05) is 18.2 Å². The zero-order chi connectivity index (χ0) is 24.0. The van der Waals surface area contributed by atoms with Crippen LogP contribution in [0.15, 0.2) is 47.1 Å². The molecule has 10 N–H and O–H groups in total. The number of hydrogen-bond acceptors (Lipinski definition) is 8. The molecule has 178 valence electrons. The first-order chi connectivity index (χ1) is 15.7. The molecule has 1 saturated heterocycles. The average molecular weight is 463 g/mol. The highest BCUT2D eigenvalue weighted by molar-refractivity contribution is 6.04.